The molecule has 0 bridgehead atoms. The molecule has 8 heteroatoms. The Morgan fingerprint density at radius 3 is 2.63 bits per heavy atom. The normalized spacial score (nSPS) is 16.1. The van der Waals surface area contributed by atoms with Crippen LogP contribution in [0.1, 0.15) is 12.8 Å². The number of fused-ring (bicyclic) bond motifs is 1. The van der Waals surface area contributed by atoms with Crippen molar-refractivity contribution in [2.24, 2.45) is 0 Å². The molecule has 0 atom stereocenters. The quantitative estimate of drug-likeness (QED) is 0.493. The van der Waals surface area contributed by atoms with Gasteiger partial charge < -0.3 is 9.47 Å². The molecule has 1 aliphatic rings. The first kappa shape index (κ1) is 18.3. The van der Waals surface area contributed by atoms with Crippen LogP contribution in [0, 0.1) is 0 Å². The SMILES string of the molecule is CSc1nccc(-n2ccc3c(N4CCC(S(C)(=O)=O)CC4)cccc32)n1. The highest BCUT2D eigenvalue weighted by Crippen LogP contribution is 2.32. The summed E-state index contributed by atoms with van der Waals surface area (Å²) in [6.07, 6.45) is 8.48. The maximum Gasteiger partial charge on any atom is 0.189 e. The molecule has 142 valence electrons. The van der Waals surface area contributed by atoms with Gasteiger partial charge >= 0.3 is 0 Å². The van der Waals surface area contributed by atoms with Gasteiger partial charge in [-0.15, -0.1) is 0 Å². The van der Waals surface area contributed by atoms with Gasteiger partial charge in [0, 0.05) is 42.8 Å². The van der Waals surface area contributed by atoms with Crippen LogP contribution in [0.4, 0.5) is 5.69 Å². The Labute approximate surface area is 163 Å². The summed E-state index contributed by atoms with van der Waals surface area (Å²) in [6.45, 7) is 1.51. The fourth-order valence-electron chi connectivity index (χ4n) is 3.72. The first-order chi connectivity index (χ1) is 13.0. The first-order valence-electron chi connectivity index (χ1n) is 8.88. The molecular formula is C19H22N4O2S2. The third-order valence-electron chi connectivity index (χ3n) is 5.15. The molecule has 0 spiro atoms. The zero-order valence-corrected chi connectivity index (χ0v) is 17.0. The summed E-state index contributed by atoms with van der Waals surface area (Å²) in [7, 11) is -2.96. The molecule has 0 aliphatic carbocycles. The highest BCUT2D eigenvalue weighted by atomic mass is 32.2. The van der Waals surface area contributed by atoms with Crippen molar-refractivity contribution < 1.29 is 8.42 Å². The Balaban J connectivity index is 1.67. The molecule has 1 aromatic carbocycles. The predicted octanol–water partition coefficient (Wildman–Crippen LogP) is 3.16. The van der Waals surface area contributed by atoms with E-state index in [9.17, 15) is 8.42 Å². The molecule has 4 rings (SSSR count). The van der Waals surface area contributed by atoms with Crippen LogP contribution in [0.2, 0.25) is 0 Å². The zero-order chi connectivity index (χ0) is 19.0. The molecule has 1 fully saturated rings. The Kier molecular flexibility index (Phi) is 4.86. The number of piperidine rings is 1. The first-order valence-corrected chi connectivity index (χ1v) is 12.1. The Bertz CT molecular complexity index is 1070. The Morgan fingerprint density at radius 1 is 1.15 bits per heavy atom. The molecule has 2 aromatic heterocycles. The lowest BCUT2D eigenvalue weighted by Gasteiger charge is -2.33. The number of benzene rings is 1. The van der Waals surface area contributed by atoms with E-state index in [1.54, 1.807) is 6.20 Å². The van der Waals surface area contributed by atoms with Crippen LogP contribution in [0.15, 0.2) is 47.9 Å². The second kappa shape index (κ2) is 7.16. The van der Waals surface area contributed by atoms with Gasteiger partial charge in [0.15, 0.2) is 5.16 Å². The molecule has 0 N–H and O–H groups in total. The fourth-order valence-corrected chi connectivity index (χ4v) is 5.13. The third-order valence-corrected chi connectivity index (χ3v) is 7.39. The minimum Gasteiger partial charge on any atom is -0.371 e. The van der Waals surface area contributed by atoms with Crippen LogP contribution >= 0.6 is 11.8 Å². The molecule has 6 nitrogen and oxygen atoms in total. The maximum absolute atomic E-state index is 11.8. The highest BCUT2D eigenvalue weighted by Gasteiger charge is 2.27. The predicted molar refractivity (Wildman–Crippen MR) is 111 cm³/mol. The monoisotopic (exact) mass is 402 g/mol. The van der Waals surface area contributed by atoms with Crippen LogP contribution in [0.25, 0.3) is 16.7 Å². The Hall–Kier alpha value is -2.06. The van der Waals surface area contributed by atoms with E-state index in [-0.39, 0.29) is 5.25 Å². The Morgan fingerprint density at radius 2 is 1.93 bits per heavy atom. The summed E-state index contributed by atoms with van der Waals surface area (Å²) in [5.41, 5.74) is 2.24. The number of hydrogen-bond acceptors (Lipinski definition) is 6. The van der Waals surface area contributed by atoms with Gasteiger partial charge in [-0.1, -0.05) is 17.8 Å². The van der Waals surface area contributed by atoms with E-state index < -0.39 is 9.84 Å². The maximum atomic E-state index is 11.8. The van der Waals surface area contributed by atoms with Crippen LogP contribution in [-0.2, 0) is 9.84 Å². The van der Waals surface area contributed by atoms with Crippen molar-refractivity contribution in [3.05, 3.63) is 42.7 Å². The summed E-state index contributed by atoms with van der Waals surface area (Å²) in [6, 6.07) is 10.3. The van der Waals surface area contributed by atoms with Gasteiger partial charge in [0.05, 0.1) is 10.8 Å². The number of sulfone groups is 1. The van der Waals surface area contributed by atoms with Crippen LogP contribution < -0.4 is 4.90 Å². The topological polar surface area (TPSA) is 68.1 Å². The molecule has 1 aliphatic heterocycles. The molecule has 3 aromatic rings. The minimum absolute atomic E-state index is 0.219. The lowest BCUT2D eigenvalue weighted by molar-refractivity contribution is 0.535. The van der Waals surface area contributed by atoms with E-state index in [1.165, 1.54) is 18.0 Å². The van der Waals surface area contributed by atoms with Crippen LogP contribution in [-0.4, -0.2) is 53.8 Å². The van der Waals surface area contributed by atoms with Crippen LogP contribution in [0.3, 0.4) is 0 Å². The molecule has 0 unspecified atom stereocenters. The third kappa shape index (κ3) is 3.55. The molecule has 0 radical (unpaired) electrons. The number of rotatable bonds is 4. The number of thioether (sulfide) groups is 1. The molecule has 3 heterocycles. The summed E-state index contributed by atoms with van der Waals surface area (Å²) >= 11 is 1.52. The van der Waals surface area contributed by atoms with Gasteiger partial charge in [-0.05, 0) is 43.4 Å². The van der Waals surface area contributed by atoms with Gasteiger partial charge in [0.2, 0.25) is 0 Å². The fraction of sp³-hybridized carbons (Fsp3) is 0.368. The van der Waals surface area contributed by atoms with E-state index >= 15 is 0 Å². The molecule has 1 saturated heterocycles. The smallest absolute Gasteiger partial charge is 0.189 e. The van der Waals surface area contributed by atoms with Crippen molar-refractivity contribution in [1.29, 1.82) is 0 Å². The molecular weight excluding hydrogens is 380 g/mol. The molecule has 27 heavy (non-hydrogen) atoms. The van der Waals surface area contributed by atoms with E-state index in [1.807, 2.05) is 24.6 Å². The lowest BCUT2D eigenvalue weighted by Crippen LogP contribution is -2.39. The second-order valence-corrected chi connectivity index (χ2v) is 9.91. The summed E-state index contributed by atoms with van der Waals surface area (Å²) in [5, 5.41) is 1.68. The van der Waals surface area contributed by atoms with Crippen molar-refractivity contribution >= 4 is 38.2 Å². The van der Waals surface area contributed by atoms with E-state index in [2.05, 4.69) is 37.6 Å². The summed E-state index contributed by atoms with van der Waals surface area (Å²) in [4.78, 5) is 11.1. The van der Waals surface area contributed by atoms with Crippen molar-refractivity contribution in [2.75, 3.05) is 30.5 Å². The van der Waals surface area contributed by atoms with Gasteiger partial charge in [-0.3, -0.25) is 0 Å². The number of nitrogens with zero attached hydrogens (tertiary/aromatic N) is 4. The van der Waals surface area contributed by atoms with Gasteiger partial charge in [-0.2, -0.15) is 0 Å². The van der Waals surface area contributed by atoms with Crippen molar-refractivity contribution in [3.8, 4) is 5.82 Å². The summed E-state index contributed by atoms with van der Waals surface area (Å²) < 4.78 is 25.7. The van der Waals surface area contributed by atoms with Gasteiger partial charge in [-0.25, -0.2) is 18.4 Å². The summed E-state index contributed by atoms with van der Waals surface area (Å²) in [5.74, 6) is 0.845. The van der Waals surface area contributed by atoms with Crippen molar-refractivity contribution in [3.63, 3.8) is 0 Å². The van der Waals surface area contributed by atoms with E-state index in [0.29, 0.717) is 12.8 Å². The number of hydrogen-bond donors (Lipinski definition) is 0. The van der Waals surface area contributed by atoms with E-state index in [4.69, 9.17) is 0 Å². The largest absolute Gasteiger partial charge is 0.371 e. The standard InChI is InChI=1S/C19H22N4O2S2/c1-26-19-20-10-6-18(21-19)23-13-9-15-16(4-3-5-17(15)23)22-11-7-14(8-12-22)27(2,24)25/h3-6,9-10,13-14H,7-8,11-12H2,1-2H3. The van der Waals surface area contributed by atoms with Crippen molar-refractivity contribution in [2.45, 2.75) is 23.2 Å². The average molecular weight is 403 g/mol. The lowest BCUT2D eigenvalue weighted by atomic mass is 10.1. The molecule has 0 amide bonds. The number of anilines is 1. The number of aromatic nitrogens is 3. The van der Waals surface area contributed by atoms with Gasteiger partial charge in [0.25, 0.3) is 0 Å². The zero-order valence-electron chi connectivity index (χ0n) is 15.4. The van der Waals surface area contributed by atoms with Gasteiger partial charge in [0.1, 0.15) is 15.7 Å². The highest BCUT2D eigenvalue weighted by molar-refractivity contribution is 7.98. The van der Waals surface area contributed by atoms with Crippen molar-refractivity contribution in [1.82, 2.24) is 14.5 Å². The average Bonchev–Trinajstić information content (AvgIpc) is 3.12. The van der Waals surface area contributed by atoms with E-state index in [0.717, 1.165) is 40.7 Å². The second-order valence-electron chi connectivity index (χ2n) is 6.81. The molecule has 0 saturated carbocycles. The van der Waals surface area contributed by atoms with Crippen LogP contribution in [0.5, 0.6) is 0 Å². The minimum atomic E-state index is -2.96.